The molecule has 22 heavy (non-hydrogen) atoms. The van der Waals surface area contributed by atoms with E-state index < -0.39 is 5.97 Å². The van der Waals surface area contributed by atoms with Crippen LogP contribution in [0.25, 0.3) is 0 Å². The second-order valence-electron chi connectivity index (χ2n) is 4.87. The molecule has 0 bridgehead atoms. The molecule has 0 aliphatic carbocycles. The maximum absolute atomic E-state index is 11.9. The molecule has 0 fully saturated rings. The molecule has 1 aromatic heterocycles. The number of carbonyl (C=O) groups excluding carboxylic acids is 1. The van der Waals surface area contributed by atoms with Gasteiger partial charge in [0.25, 0.3) is 5.56 Å². The largest absolute Gasteiger partial charge is 0.494 e. The molecular formula is C17H19NO4. The van der Waals surface area contributed by atoms with Crippen LogP contribution in [0.5, 0.6) is 5.75 Å². The van der Waals surface area contributed by atoms with Crippen LogP contribution in [0.3, 0.4) is 0 Å². The lowest BCUT2D eigenvalue weighted by Crippen LogP contribution is -2.21. The van der Waals surface area contributed by atoms with E-state index >= 15 is 0 Å². The number of nitrogens with zero attached hydrogens (tertiary/aromatic N) is 1. The van der Waals surface area contributed by atoms with Gasteiger partial charge in [-0.2, -0.15) is 0 Å². The van der Waals surface area contributed by atoms with E-state index in [0.717, 1.165) is 17.7 Å². The van der Waals surface area contributed by atoms with Crippen LogP contribution < -0.4 is 10.3 Å². The monoisotopic (exact) mass is 301 g/mol. The number of methoxy groups -OCH3 is 1. The highest BCUT2D eigenvalue weighted by Gasteiger charge is 2.08. The molecule has 116 valence electrons. The summed E-state index contributed by atoms with van der Waals surface area (Å²) in [6, 6.07) is 10.4. The third-order valence-electron chi connectivity index (χ3n) is 3.13. The van der Waals surface area contributed by atoms with Gasteiger partial charge >= 0.3 is 5.97 Å². The first-order chi connectivity index (χ1) is 10.6. The molecule has 0 atom stereocenters. The average Bonchev–Trinajstić information content (AvgIpc) is 2.54. The number of rotatable bonds is 6. The number of hydrogen-bond donors (Lipinski definition) is 0. The van der Waals surface area contributed by atoms with Gasteiger partial charge in [-0.3, -0.25) is 4.79 Å². The van der Waals surface area contributed by atoms with Gasteiger partial charge in [0.2, 0.25) is 0 Å². The Morgan fingerprint density at radius 1 is 1.23 bits per heavy atom. The second kappa shape index (κ2) is 7.45. The quantitative estimate of drug-likeness (QED) is 0.769. The summed E-state index contributed by atoms with van der Waals surface area (Å²) in [7, 11) is 1.31. The van der Waals surface area contributed by atoms with E-state index in [0.29, 0.717) is 18.7 Å². The minimum atomic E-state index is -0.464. The lowest BCUT2D eigenvalue weighted by atomic mass is 10.2. The van der Waals surface area contributed by atoms with Crippen LogP contribution in [0, 0.1) is 0 Å². The van der Waals surface area contributed by atoms with Crippen LogP contribution >= 0.6 is 0 Å². The highest BCUT2D eigenvalue weighted by molar-refractivity contribution is 5.88. The molecule has 5 nitrogen and oxygen atoms in total. The van der Waals surface area contributed by atoms with Crippen molar-refractivity contribution in [1.29, 1.82) is 0 Å². The Labute approximate surface area is 129 Å². The van der Waals surface area contributed by atoms with Crippen LogP contribution in [-0.4, -0.2) is 24.3 Å². The minimum Gasteiger partial charge on any atom is -0.494 e. The zero-order valence-corrected chi connectivity index (χ0v) is 12.7. The van der Waals surface area contributed by atoms with E-state index in [-0.39, 0.29) is 5.56 Å². The van der Waals surface area contributed by atoms with E-state index in [2.05, 4.69) is 4.74 Å². The van der Waals surface area contributed by atoms with E-state index in [1.165, 1.54) is 30.0 Å². The molecule has 5 heteroatoms. The second-order valence-corrected chi connectivity index (χ2v) is 4.87. The maximum atomic E-state index is 11.9. The topological polar surface area (TPSA) is 57.5 Å². The number of pyridine rings is 1. The fraction of sp³-hybridized carbons (Fsp3) is 0.294. The van der Waals surface area contributed by atoms with Crippen molar-refractivity contribution in [1.82, 2.24) is 4.57 Å². The lowest BCUT2D eigenvalue weighted by molar-refractivity contribution is 0.0599. The molecule has 1 aromatic carbocycles. The molecule has 1 heterocycles. The maximum Gasteiger partial charge on any atom is 0.339 e. The van der Waals surface area contributed by atoms with Crippen LogP contribution in [-0.2, 0) is 11.3 Å². The Kier molecular flexibility index (Phi) is 5.36. The molecular weight excluding hydrogens is 282 g/mol. The molecule has 0 saturated heterocycles. The number of aromatic nitrogens is 1. The van der Waals surface area contributed by atoms with Gasteiger partial charge in [0.1, 0.15) is 5.75 Å². The van der Waals surface area contributed by atoms with Crippen LogP contribution in [0.2, 0.25) is 0 Å². The SMILES string of the molecule is CCCOc1cccc(Cn2cc(C(=O)OC)ccc2=O)c1. The van der Waals surface area contributed by atoms with Crippen molar-refractivity contribution in [2.45, 2.75) is 19.9 Å². The van der Waals surface area contributed by atoms with Crippen molar-refractivity contribution in [3.05, 3.63) is 64.1 Å². The Morgan fingerprint density at radius 3 is 2.77 bits per heavy atom. The predicted octanol–water partition coefficient (Wildman–Crippen LogP) is 2.47. The molecule has 0 radical (unpaired) electrons. The standard InChI is InChI=1S/C17H19NO4/c1-3-9-22-15-6-4-5-13(10-15)11-18-12-14(17(20)21-2)7-8-16(18)19/h4-8,10,12H,3,9,11H2,1-2H3. The first kappa shape index (κ1) is 15.8. The van der Waals surface area contributed by atoms with E-state index in [9.17, 15) is 9.59 Å². The zero-order valence-electron chi connectivity index (χ0n) is 12.7. The summed E-state index contributed by atoms with van der Waals surface area (Å²) in [5, 5.41) is 0. The summed E-state index contributed by atoms with van der Waals surface area (Å²) < 4.78 is 11.7. The third-order valence-corrected chi connectivity index (χ3v) is 3.13. The molecule has 0 N–H and O–H groups in total. The number of hydrogen-bond acceptors (Lipinski definition) is 4. The van der Waals surface area contributed by atoms with Crippen molar-refractivity contribution in [2.75, 3.05) is 13.7 Å². The molecule has 2 rings (SSSR count). The van der Waals surface area contributed by atoms with Crippen molar-refractivity contribution in [2.24, 2.45) is 0 Å². The highest BCUT2D eigenvalue weighted by Crippen LogP contribution is 2.14. The molecule has 0 amide bonds. The van der Waals surface area contributed by atoms with Gasteiger partial charge < -0.3 is 14.0 Å². The molecule has 0 saturated carbocycles. The van der Waals surface area contributed by atoms with Crippen molar-refractivity contribution in [3.63, 3.8) is 0 Å². The van der Waals surface area contributed by atoms with Crippen LogP contribution in [0.1, 0.15) is 29.3 Å². The first-order valence-electron chi connectivity index (χ1n) is 7.14. The van der Waals surface area contributed by atoms with Gasteiger partial charge in [0.05, 0.1) is 25.8 Å². The van der Waals surface area contributed by atoms with Gasteiger partial charge in [-0.25, -0.2) is 4.79 Å². The third kappa shape index (κ3) is 3.97. The molecule has 0 aliphatic heterocycles. The van der Waals surface area contributed by atoms with Gasteiger partial charge in [-0.05, 0) is 30.2 Å². The summed E-state index contributed by atoms with van der Waals surface area (Å²) in [4.78, 5) is 23.5. The minimum absolute atomic E-state index is 0.174. The van der Waals surface area contributed by atoms with E-state index in [1.54, 1.807) is 0 Å². The first-order valence-corrected chi connectivity index (χ1v) is 7.14. The molecule has 2 aromatic rings. The number of benzene rings is 1. The van der Waals surface area contributed by atoms with Crippen molar-refractivity contribution < 1.29 is 14.3 Å². The predicted molar refractivity (Wildman–Crippen MR) is 83.4 cm³/mol. The molecule has 0 aliphatic rings. The summed E-state index contributed by atoms with van der Waals surface area (Å²) in [5.74, 6) is 0.310. The summed E-state index contributed by atoms with van der Waals surface area (Å²) >= 11 is 0. The van der Waals surface area contributed by atoms with E-state index in [4.69, 9.17) is 4.74 Å². The number of esters is 1. The Balaban J connectivity index is 2.23. The van der Waals surface area contributed by atoms with Gasteiger partial charge in [-0.1, -0.05) is 19.1 Å². The van der Waals surface area contributed by atoms with E-state index in [1.807, 2.05) is 31.2 Å². The average molecular weight is 301 g/mol. The smallest absolute Gasteiger partial charge is 0.339 e. The Morgan fingerprint density at radius 2 is 2.05 bits per heavy atom. The normalized spacial score (nSPS) is 10.3. The summed E-state index contributed by atoms with van der Waals surface area (Å²) in [6.07, 6.45) is 2.44. The van der Waals surface area contributed by atoms with Gasteiger partial charge in [0.15, 0.2) is 0 Å². The number of carbonyl (C=O) groups is 1. The molecule has 0 spiro atoms. The van der Waals surface area contributed by atoms with Gasteiger partial charge in [0, 0.05) is 12.3 Å². The summed E-state index contributed by atoms with van der Waals surface area (Å²) in [6.45, 7) is 3.07. The van der Waals surface area contributed by atoms with Crippen molar-refractivity contribution >= 4 is 5.97 Å². The van der Waals surface area contributed by atoms with Crippen LogP contribution in [0.4, 0.5) is 0 Å². The highest BCUT2D eigenvalue weighted by atomic mass is 16.5. The summed E-state index contributed by atoms with van der Waals surface area (Å²) in [5.41, 5.74) is 1.10. The Bertz CT molecular complexity index is 706. The van der Waals surface area contributed by atoms with Crippen molar-refractivity contribution in [3.8, 4) is 5.75 Å². The fourth-order valence-corrected chi connectivity index (χ4v) is 2.04. The number of ether oxygens (including phenoxy) is 2. The fourth-order valence-electron chi connectivity index (χ4n) is 2.04. The van der Waals surface area contributed by atoms with Gasteiger partial charge in [-0.15, -0.1) is 0 Å². The zero-order chi connectivity index (χ0) is 15.9. The lowest BCUT2D eigenvalue weighted by Gasteiger charge is -2.10. The van der Waals surface area contributed by atoms with Crippen LogP contribution in [0.15, 0.2) is 47.4 Å². The Hall–Kier alpha value is -2.56. The molecule has 0 unspecified atom stereocenters.